The standard InChI is InChI=1S/C13H18BrN3O3/c1-9(20-11-6-4-3-5-10(11)14)7-16-12(18)8-17-13(19)15-2/h3-6,9H,7-8H2,1-2H3,(H,16,18)(H2,15,17,19). The maximum absolute atomic E-state index is 11.5. The van der Waals surface area contributed by atoms with Gasteiger partial charge in [-0.25, -0.2) is 4.79 Å². The third kappa shape index (κ3) is 5.92. The van der Waals surface area contributed by atoms with Crippen LogP contribution in [0.3, 0.4) is 0 Å². The highest BCUT2D eigenvalue weighted by Gasteiger charge is 2.09. The number of urea groups is 1. The van der Waals surface area contributed by atoms with E-state index in [2.05, 4.69) is 31.9 Å². The molecule has 0 aliphatic heterocycles. The summed E-state index contributed by atoms with van der Waals surface area (Å²) in [6.07, 6.45) is -0.183. The van der Waals surface area contributed by atoms with Crippen molar-refractivity contribution in [2.24, 2.45) is 0 Å². The van der Waals surface area contributed by atoms with Crippen LogP contribution in [0.2, 0.25) is 0 Å². The van der Waals surface area contributed by atoms with Crippen LogP contribution in [0.25, 0.3) is 0 Å². The smallest absolute Gasteiger partial charge is 0.314 e. The van der Waals surface area contributed by atoms with E-state index in [0.29, 0.717) is 6.54 Å². The van der Waals surface area contributed by atoms with Crippen LogP contribution >= 0.6 is 15.9 Å². The molecule has 20 heavy (non-hydrogen) atoms. The monoisotopic (exact) mass is 343 g/mol. The van der Waals surface area contributed by atoms with Gasteiger partial charge in [-0.2, -0.15) is 0 Å². The highest BCUT2D eigenvalue weighted by atomic mass is 79.9. The fourth-order valence-electron chi connectivity index (χ4n) is 1.37. The Labute approximate surface area is 126 Å². The number of carbonyl (C=O) groups is 2. The maximum Gasteiger partial charge on any atom is 0.314 e. The summed E-state index contributed by atoms with van der Waals surface area (Å²) >= 11 is 3.39. The molecule has 0 bridgehead atoms. The fraction of sp³-hybridized carbons (Fsp3) is 0.385. The number of hydrogen-bond donors (Lipinski definition) is 3. The molecule has 110 valence electrons. The first-order valence-corrected chi connectivity index (χ1v) is 6.95. The van der Waals surface area contributed by atoms with Crippen LogP contribution in [-0.4, -0.2) is 38.2 Å². The van der Waals surface area contributed by atoms with E-state index in [1.54, 1.807) is 0 Å². The van der Waals surface area contributed by atoms with E-state index >= 15 is 0 Å². The molecule has 1 aromatic rings. The quantitative estimate of drug-likeness (QED) is 0.727. The molecule has 6 nitrogen and oxygen atoms in total. The summed E-state index contributed by atoms with van der Waals surface area (Å²) < 4.78 is 6.54. The maximum atomic E-state index is 11.5. The van der Waals surface area contributed by atoms with Crippen LogP contribution in [0.4, 0.5) is 4.79 Å². The molecule has 3 N–H and O–H groups in total. The van der Waals surface area contributed by atoms with Crippen LogP contribution in [0.5, 0.6) is 5.75 Å². The molecule has 0 heterocycles. The van der Waals surface area contributed by atoms with Gasteiger partial charge in [0.15, 0.2) is 0 Å². The number of rotatable bonds is 6. The molecule has 0 aliphatic carbocycles. The van der Waals surface area contributed by atoms with Crippen LogP contribution in [-0.2, 0) is 4.79 Å². The zero-order valence-corrected chi connectivity index (χ0v) is 13.0. The van der Waals surface area contributed by atoms with Gasteiger partial charge in [0.05, 0.1) is 17.6 Å². The summed E-state index contributed by atoms with van der Waals surface area (Å²) in [4.78, 5) is 22.4. The molecule has 0 spiro atoms. The molecule has 1 rings (SSSR count). The van der Waals surface area contributed by atoms with Gasteiger partial charge in [-0.05, 0) is 35.0 Å². The fourth-order valence-corrected chi connectivity index (χ4v) is 1.75. The number of amides is 3. The van der Waals surface area contributed by atoms with E-state index in [1.165, 1.54) is 7.05 Å². The highest BCUT2D eigenvalue weighted by molar-refractivity contribution is 9.10. The van der Waals surface area contributed by atoms with Crippen molar-refractivity contribution < 1.29 is 14.3 Å². The minimum Gasteiger partial charge on any atom is -0.488 e. The van der Waals surface area contributed by atoms with Gasteiger partial charge in [0.25, 0.3) is 0 Å². The molecule has 7 heteroatoms. The number of nitrogens with one attached hydrogen (secondary N) is 3. The molecule has 0 aliphatic rings. The number of halogens is 1. The van der Waals surface area contributed by atoms with E-state index in [1.807, 2.05) is 31.2 Å². The largest absolute Gasteiger partial charge is 0.488 e. The molecular formula is C13H18BrN3O3. The third-order valence-corrected chi connectivity index (χ3v) is 3.04. The Morgan fingerprint density at radius 2 is 2.00 bits per heavy atom. The molecule has 0 saturated carbocycles. The van der Waals surface area contributed by atoms with E-state index in [0.717, 1.165) is 10.2 Å². The Hall–Kier alpha value is -1.76. The average molecular weight is 344 g/mol. The number of benzene rings is 1. The van der Waals surface area contributed by atoms with Crippen LogP contribution in [0.1, 0.15) is 6.92 Å². The lowest BCUT2D eigenvalue weighted by atomic mass is 10.3. The minimum absolute atomic E-state index is 0.0680. The number of carbonyl (C=O) groups excluding carboxylic acids is 2. The summed E-state index contributed by atoms with van der Waals surface area (Å²) in [7, 11) is 1.49. The van der Waals surface area contributed by atoms with Crippen molar-refractivity contribution in [3.63, 3.8) is 0 Å². The van der Waals surface area contributed by atoms with Gasteiger partial charge in [0.1, 0.15) is 11.9 Å². The van der Waals surface area contributed by atoms with E-state index < -0.39 is 6.03 Å². The van der Waals surface area contributed by atoms with Crippen LogP contribution in [0, 0.1) is 0 Å². The molecule has 0 saturated heterocycles. The lowest BCUT2D eigenvalue weighted by molar-refractivity contribution is -0.120. The summed E-state index contributed by atoms with van der Waals surface area (Å²) in [6, 6.07) is 7.10. The molecule has 1 aromatic carbocycles. The van der Waals surface area contributed by atoms with Gasteiger partial charge < -0.3 is 20.7 Å². The second kappa shape index (κ2) is 8.42. The second-order valence-electron chi connectivity index (χ2n) is 4.10. The summed E-state index contributed by atoms with van der Waals surface area (Å²) in [5, 5.41) is 7.45. The predicted octanol–water partition coefficient (Wildman–Crippen LogP) is 1.26. The number of para-hydroxylation sites is 1. The van der Waals surface area contributed by atoms with Gasteiger partial charge in [-0.1, -0.05) is 12.1 Å². The molecule has 0 aromatic heterocycles. The first kappa shape index (κ1) is 16.3. The minimum atomic E-state index is -0.391. The first-order valence-electron chi connectivity index (χ1n) is 6.16. The van der Waals surface area contributed by atoms with Crippen molar-refractivity contribution in [2.45, 2.75) is 13.0 Å². The van der Waals surface area contributed by atoms with Crippen molar-refractivity contribution in [2.75, 3.05) is 20.1 Å². The van der Waals surface area contributed by atoms with Crippen molar-refractivity contribution in [1.29, 1.82) is 0 Å². The Kier molecular flexibility index (Phi) is 6.86. The van der Waals surface area contributed by atoms with Crippen molar-refractivity contribution in [3.8, 4) is 5.75 Å². The molecule has 3 amide bonds. The average Bonchev–Trinajstić information content (AvgIpc) is 2.45. The van der Waals surface area contributed by atoms with E-state index in [9.17, 15) is 9.59 Å². The zero-order chi connectivity index (χ0) is 15.0. The van der Waals surface area contributed by atoms with Gasteiger partial charge in [0, 0.05) is 7.05 Å². The second-order valence-corrected chi connectivity index (χ2v) is 4.95. The van der Waals surface area contributed by atoms with Gasteiger partial charge >= 0.3 is 6.03 Å². The summed E-state index contributed by atoms with van der Waals surface area (Å²) in [5.74, 6) is 0.453. The highest BCUT2D eigenvalue weighted by Crippen LogP contribution is 2.24. The number of ether oxygens (including phenoxy) is 1. The predicted molar refractivity (Wildman–Crippen MR) is 79.7 cm³/mol. The Balaban J connectivity index is 2.29. The zero-order valence-electron chi connectivity index (χ0n) is 11.4. The molecule has 0 fully saturated rings. The Bertz CT molecular complexity index is 468. The topological polar surface area (TPSA) is 79.5 Å². The van der Waals surface area contributed by atoms with Crippen molar-refractivity contribution in [1.82, 2.24) is 16.0 Å². The third-order valence-electron chi connectivity index (χ3n) is 2.39. The van der Waals surface area contributed by atoms with Crippen LogP contribution in [0.15, 0.2) is 28.7 Å². The normalized spacial score (nSPS) is 11.3. The van der Waals surface area contributed by atoms with Gasteiger partial charge in [0.2, 0.25) is 5.91 Å². The lowest BCUT2D eigenvalue weighted by Crippen LogP contribution is -2.43. The van der Waals surface area contributed by atoms with E-state index in [4.69, 9.17) is 4.74 Å². The Morgan fingerprint density at radius 1 is 1.30 bits per heavy atom. The van der Waals surface area contributed by atoms with Crippen molar-refractivity contribution in [3.05, 3.63) is 28.7 Å². The van der Waals surface area contributed by atoms with Crippen molar-refractivity contribution >= 4 is 27.9 Å². The lowest BCUT2D eigenvalue weighted by Gasteiger charge is -2.16. The SMILES string of the molecule is CNC(=O)NCC(=O)NCC(C)Oc1ccccc1Br. The Morgan fingerprint density at radius 3 is 2.65 bits per heavy atom. The first-order chi connectivity index (χ1) is 9.52. The molecule has 1 atom stereocenters. The van der Waals surface area contributed by atoms with Gasteiger partial charge in [-0.3, -0.25) is 4.79 Å². The van der Waals surface area contributed by atoms with Crippen LogP contribution < -0.4 is 20.7 Å². The summed E-state index contributed by atoms with van der Waals surface area (Å²) in [5.41, 5.74) is 0. The summed E-state index contributed by atoms with van der Waals surface area (Å²) in [6.45, 7) is 2.14. The van der Waals surface area contributed by atoms with E-state index in [-0.39, 0.29) is 18.6 Å². The molecular weight excluding hydrogens is 326 g/mol. The molecule has 0 radical (unpaired) electrons. The number of hydrogen-bond acceptors (Lipinski definition) is 3. The van der Waals surface area contributed by atoms with Gasteiger partial charge in [-0.15, -0.1) is 0 Å². The molecule has 1 unspecified atom stereocenters.